The number of fused-ring (bicyclic) bond motifs is 1. The van der Waals surface area contributed by atoms with E-state index in [9.17, 15) is 22.8 Å². The highest BCUT2D eigenvalue weighted by Crippen LogP contribution is 2.39. The molecule has 3 aromatic heterocycles. The molecule has 0 aliphatic heterocycles. The van der Waals surface area contributed by atoms with Crippen LogP contribution in [0.4, 0.5) is 13.2 Å². The van der Waals surface area contributed by atoms with Crippen molar-refractivity contribution in [3.63, 3.8) is 0 Å². The van der Waals surface area contributed by atoms with Gasteiger partial charge in [-0.15, -0.1) is 0 Å². The number of rotatable bonds is 9. The maximum atomic E-state index is 12.6. The summed E-state index contributed by atoms with van der Waals surface area (Å²) in [7, 11) is 1.42. The molecule has 2 amide bonds. The van der Waals surface area contributed by atoms with Crippen LogP contribution in [0.5, 0.6) is 0 Å². The fourth-order valence-corrected chi connectivity index (χ4v) is 3.19. The van der Waals surface area contributed by atoms with E-state index in [1.165, 1.54) is 17.8 Å². The number of hydrogen-bond acceptors (Lipinski definition) is 7. The molecule has 176 valence electrons. The lowest BCUT2D eigenvalue weighted by atomic mass is 10.2. The van der Waals surface area contributed by atoms with Crippen molar-refractivity contribution in [2.75, 3.05) is 7.11 Å². The summed E-state index contributed by atoms with van der Waals surface area (Å²) in [6.07, 6.45) is -1.24. The van der Waals surface area contributed by atoms with Crippen molar-refractivity contribution in [2.45, 2.75) is 50.9 Å². The predicted molar refractivity (Wildman–Crippen MR) is 102 cm³/mol. The molecule has 14 heteroatoms. The number of amides is 2. The highest BCUT2D eigenvalue weighted by atomic mass is 19.4. The van der Waals surface area contributed by atoms with Gasteiger partial charge in [-0.25, -0.2) is 9.50 Å². The third kappa shape index (κ3) is 5.56. The molecule has 33 heavy (non-hydrogen) atoms. The highest BCUT2D eigenvalue weighted by Gasteiger charge is 2.42. The molecule has 1 aliphatic carbocycles. The van der Waals surface area contributed by atoms with Gasteiger partial charge >= 0.3 is 17.8 Å². The number of carbonyl (C=O) groups is 2. The zero-order chi connectivity index (χ0) is 23.6. The number of nitrogens with zero attached hydrogens (tertiary/aromatic N) is 5. The summed E-state index contributed by atoms with van der Waals surface area (Å²) in [5.74, 6) is -0.959. The van der Waals surface area contributed by atoms with Gasteiger partial charge in [-0.2, -0.15) is 18.3 Å². The molecule has 2 N–H and O–H groups in total. The van der Waals surface area contributed by atoms with E-state index in [1.54, 1.807) is 12.3 Å². The fraction of sp³-hybridized carbons (Fsp3) is 0.474. The van der Waals surface area contributed by atoms with E-state index in [4.69, 9.17) is 9.47 Å². The van der Waals surface area contributed by atoms with Crippen LogP contribution in [0.3, 0.4) is 0 Å². The predicted octanol–water partition coefficient (Wildman–Crippen LogP) is 0.829. The average Bonchev–Trinajstić information content (AvgIpc) is 3.38. The number of imidazole rings is 1. The molecule has 3 heterocycles. The number of hydrogen-bond donors (Lipinski definition) is 2. The van der Waals surface area contributed by atoms with Gasteiger partial charge in [0.05, 0.1) is 31.1 Å². The van der Waals surface area contributed by atoms with Crippen molar-refractivity contribution >= 4 is 17.5 Å². The molecule has 0 radical (unpaired) electrons. The van der Waals surface area contributed by atoms with Crippen LogP contribution in [0.25, 0.3) is 5.65 Å². The second kappa shape index (κ2) is 9.03. The first-order chi connectivity index (χ1) is 15.7. The Bertz CT molecular complexity index is 1170. The Labute approximate surface area is 184 Å². The quantitative estimate of drug-likeness (QED) is 0.476. The molecular formula is C19H21F3N7O4+. The molecule has 0 spiro atoms. The average molecular weight is 468 g/mol. The van der Waals surface area contributed by atoms with Crippen molar-refractivity contribution < 1.29 is 37.1 Å². The molecule has 1 fully saturated rings. The number of alkyl halides is 3. The fourth-order valence-electron chi connectivity index (χ4n) is 3.19. The van der Waals surface area contributed by atoms with Crippen molar-refractivity contribution in [1.82, 2.24) is 30.4 Å². The molecule has 0 atom stereocenters. The Balaban J connectivity index is 1.34. The maximum Gasteiger partial charge on any atom is 0.389 e. The Morgan fingerprint density at radius 3 is 2.79 bits per heavy atom. The Hall–Kier alpha value is -3.71. The molecule has 3 aromatic rings. The van der Waals surface area contributed by atoms with E-state index in [1.807, 2.05) is 0 Å². The summed E-state index contributed by atoms with van der Waals surface area (Å²) in [6, 6.07) is 1.65. The normalized spacial score (nSPS) is 13.8. The van der Waals surface area contributed by atoms with Gasteiger partial charge < -0.3 is 15.5 Å². The summed E-state index contributed by atoms with van der Waals surface area (Å²) < 4.78 is 43.1. The van der Waals surface area contributed by atoms with Crippen LogP contribution in [-0.4, -0.2) is 44.9 Å². The molecule has 0 aromatic carbocycles. The van der Waals surface area contributed by atoms with E-state index in [0.717, 1.165) is 17.7 Å². The van der Waals surface area contributed by atoms with E-state index in [2.05, 4.69) is 25.9 Å². The van der Waals surface area contributed by atoms with E-state index < -0.39 is 30.8 Å². The minimum absolute atomic E-state index is 0.0225. The van der Waals surface area contributed by atoms with Crippen LogP contribution in [0.15, 0.2) is 23.1 Å². The van der Waals surface area contributed by atoms with Crippen molar-refractivity contribution in [2.24, 2.45) is 0 Å². The van der Waals surface area contributed by atoms with Crippen LogP contribution >= 0.6 is 0 Å². The van der Waals surface area contributed by atoms with Crippen molar-refractivity contribution in [1.29, 1.82) is 0 Å². The van der Waals surface area contributed by atoms with Gasteiger partial charge in [-0.05, 0) is 29.1 Å². The largest absolute Gasteiger partial charge is 0.389 e. The van der Waals surface area contributed by atoms with E-state index >= 15 is 0 Å². The lowest BCUT2D eigenvalue weighted by Gasteiger charge is -2.07. The highest BCUT2D eigenvalue weighted by molar-refractivity contribution is 5.93. The van der Waals surface area contributed by atoms with Crippen LogP contribution in [0.1, 0.15) is 59.0 Å². The summed E-state index contributed by atoms with van der Waals surface area (Å²) in [4.78, 5) is 34.7. The first-order valence-corrected chi connectivity index (χ1v) is 10.1. The van der Waals surface area contributed by atoms with Gasteiger partial charge in [0.15, 0.2) is 10.8 Å². The van der Waals surface area contributed by atoms with Crippen molar-refractivity contribution in [3.8, 4) is 0 Å². The first kappa shape index (κ1) is 22.5. The molecular weight excluding hydrogens is 447 g/mol. The Kier molecular flexibility index (Phi) is 6.16. The molecule has 11 nitrogen and oxygen atoms in total. The van der Waals surface area contributed by atoms with E-state index in [-0.39, 0.29) is 24.7 Å². The summed E-state index contributed by atoms with van der Waals surface area (Å²) >= 11 is 0. The number of carbonyl (C=O) groups excluding carboxylic acids is 2. The number of halogens is 3. The number of nitrogens with one attached hydrogen (secondary N) is 2. The second-order valence-electron chi connectivity index (χ2n) is 7.59. The van der Waals surface area contributed by atoms with Gasteiger partial charge in [0.2, 0.25) is 5.91 Å². The minimum Gasteiger partial charge on any atom is -0.352 e. The minimum atomic E-state index is -4.38. The molecule has 4 rings (SSSR count). The third-order valence-corrected chi connectivity index (χ3v) is 4.97. The third-order valence-electron chi connectivity index (χ3n) is 4.97. The molecule has 0 saturated heterocycles. The summed E-state index contributed by atoms with van der Waals surface area (Å²) in [5, 5.41) is 13.1. The van der Waals surface area contributed by atoms with E-state index in [0.29, 0.717) is 22.6 Å². The van der Waals surface area contributed by atoms with Gasteiger partial charge in [0.25, 0.3) is 5.69 Å². The summed E-state index contributed by atoms with van der Waals surface area (Å²) in [5.41, 5.74) is 2.31. The van der Waals surface area contributed by atoms with Gasteiger partial charge in [0, 0.05) is 18.9 Å². The topological polar surface area (TPSA) is 128 Å². The number of aromatic nitrogens is 5. The summed E-state index contributed by atoms with van der Waals surface area (Å²) in [6.45, 7) is 0.129. The van der Waals surface area contributed by atoms with Gasteiger partial charge in [-0.3, -0.25) is 9.59 Å². The van der Waals surface area contributed by atoms with Crippen LogP contribution in [0, 0.1) is 0 Å². The first-order valence-electron chi connectivity index (χ1n) is 10.1. The van der Waals surface area contributed by atoms with Crippen LogP contribution in [-0.2, 0) is 17.9 Å². The smallest absolute Gasteiger partial charge is 0.352 e. The standard InChI is InChI=1S/C19H20F3N7O4/c1-32-29-17(12-2-3-12)16(27-33-29)18(31)24-9-13-10-28-14(26-13)6-11(8-25-28)7-23-15(30)4-5-19(20,21)22/h6,8,10,12H,2-5,7,9H2,1H3,(H-,23,24,30,31)/p+1. The monoisotopic (exact) mass is 468 g/mol. The zero-order valence-corrected chi connectivity index (χ0v) is 17.6. The molecule has 1 saturated carbocycles. The SMILES string of the molecule is CO[n+]1onc(C(=O)NCc2cn3ncc(CNC(=O)CCC(F)(F)F)cc3n2)c1C1CC1. The lowest BCUT2D eigenvalue weighted by Crippen LogP contribution is -2.42. The van der Waals surface area contributed by atoms with Crippen LogP contribution in [0.2, 0.25) is 0 Å². The van der Waals surface area contributed by atoms with Crippen LogP contribution < -0.4 is 20.4 Å². The second-order valence-corrected chi connectivity index (χ2v) is 7.59. The Morgan fingerprint density at radius 1 is 1.30 bits per heavy atom. The van der Waals surface area contributed by atoms with Gasteiger partial charge in [0.1, 0.15) is 12.0 Å². The van der Waals surface area contributed by atoms with Crippen molar-refractivity contribution in [3.05, 3.63) is 41.1 Å². The molecule has 0 bridgehead atoms. The Morgan fingerprint density at radius 2 is 2.09 bits per heavy atom. The lowest BCUT2D eigenvalue weighted by molar-refractivity contribution is -1.02. The maximum absolute atomic E-state index is 12.6. The molecule has 0 unspecified atom stereocenters. The molecule has 1 aliphatic rings. The zero-order valence-electron chi connectivity index (χ0n) is 17.6. The van der Waals surface area contributed by atoms with Gasteiger partial charge in [-0.1, -0.05) is 0 Å².